The van der Waals surface area contributed by atoms with Gasteiger partial charge in [-0.2, -0.15) is 0 Å². The first-order chi connectivity index (χ1) is 15.1. The van der Waals surface area contributed by atoms with E-state index in [1.807, 2.05) is 4.68 Å². The van der Waals surface area contributed by atoms with Crippen LogP contribution >= 0.6 is 0 Å². The molecule has 0 amide bonds. The number of nitrogens with zero attached hydrogens (tertiary/aromatic N) is 4. The van der Waals surface area contributed by atoms with Crippen LogP contribution in [-0.4, -0.2) is 38.3 Å². The second-order valence-corrected chi connectivity index (χ2v) is 9.52. The van der Waals surface area contributed by atoms with Gasteiger partial charge >= 0.3 is 0 Å². The van der Waals surface area contributed by atoms with Crippen LogP contribution in [0.2, 0.25) is 0 Å². The molecule has 1 aliphatic carbocycles. The zero-order chi connectivity index (χ0) is 21.4. The fraction of sp³-hybridized carbons (Fsp3) is 0.583. The van der Waals surface area contributed by atoms with Crippen molar-refractivity contribution in [2.75, 3.05) is 13.1 Å². The average molecular weight is 422 g/mol. The van der Waals surface area contributed by atoms with E-state index >= 15 is 0 Å². The lowest BCUT2D eigenvalue weighted by molar-refractivity contribution is -0.925. The molecule has 2 fully saturated rings. The first kappa shape index (κ1) is 20.4. The summed E-state index contributed by atoms with van der Waals surface area (Å²) in [5.41, 5.74) is 4.04. The van der Waals surface area contributed by atoms with Crippen LogP contribution in [0.3, 0.4) is 0 Å². The number of aromatic nitrogens is 5. The molecule has 0 bridgehead atoms. The van der Waals surface area contributed by atoms with Crippen LogP contribution in [0.4, 0.5) is 0 Å². The fourth-order valence-electron chi connectivity index (χ4n) is 5.72. The third-order valence-electron chi connectivity index (χ3n) is 7.25. The van der Waals surface area contributed by atoms with Gasteiger partial charge < -0.3 is 9.88 Å². The quantitative estimate of drug-likeness (QED) is 0.679. The van der Waals surface area contributed by atoms with Gasteiger partial charge in [0.05, 0.1) is 24.7 Å². The number of likely N-dealkylation sites (tertiary alicyclic amines) is 1. The molecule has 7 heteroatoms. The first-order valence-corrected chi connectivity index (χ1v) is 11.9. The summed E-state index contributed by atoms with van der Waals surface area (Å²) in [6, 6.07) is 6.56. The van der Waals surface area contributed by atoms with Gasteiger partial charge in [0.25, 0.3) is 5.56 Å². The highest BCUT2D eigenvalue weighted by atomic mass is 16.1. The monoisotopic (exact) mass is 421 g/mol. The zero-order valence-corrected chi connectivity index (χ0v) is 18.7. The summed E-state index contributed by atoms with van der Waals surface area (Å²) >= 11 is 0. The number of quaternary nitrogens is 1. The topological polar surface area (TPSA) is 80.9 Å². The number of aromatic amines is 1. The van der Waals surface area contributed by atoms with Crippen LogP contribution < -0.4 is 10.5 Å². The number of hydrogen-bond donors (Lipinski definition) is 2. The SMILES string of the molecule is Cc1cc(C)c2cc([C@H](c3nnnn3C3CCCC3)[NH+]3CCCCCC3)c(=O)[nH]c2c1. The van der Waals surface area contributed by atoms with Crippen LogP contribution in [0.5, 0.6) is 0 Å². The summed E-state index contributed by atoms with van der Waals surface area (Å²) < 4.78 is 2.04. The molecule has 0 radical (unpaired) electrons. The minimum Gasteiger partial charge on any atom is -0.322 e. The van der Waals surface area contributed by atoms with Gasteiger partial charge in [-0.25, -0.2) is 4.68 Å². The van der Waals surface area contributed by atoms with Crippen molar-refractivity contribution < 1.29 is 4.90 Å². The second kappa shape index (κ2) is 8.54. The summed E-state index contributed by atoms with van der Waals surface area (Å²) in [5, 5.41) is 14.1. The molecule has 1 aliphatic heterocycles. The smallest absolute Gasteiger partial charge is 0.258 e. The predicted octanol–water partition coefficient (Wildman–Crippen LogP) is 2.79. The molecule has 2 aliphatic rings. The molecule has 0 spiro atoms. The molecule has 0 unspecified atom stereocenters. The summed E-state index contributed by atoms with van der Waals surface area (Å²) in [5.74, 6) is 0.860. The third-order valence-corrected chi connectivity index (χ3v) is 7.25. The Balaban J connectivity index is 1.67. The molecule has 1 saturated carbocycles. The number of fused-ring (bicyclic) bond motifs is 1. The summed E-state index contributed by atoms with van der Waals surface area (Å²) in [6.45, 7) is 6.28. The van der Waals surface area contributed by atoms with Crippen molar-refractivity contribution in [3.05, 3.63) is 51.1 Å². The summed E-state index contributed by atoms with van der Waals surface area (Å²) in [7, 11) is 0. The third kappa shape index (κ3) is 3.91. The number of benzene rings is 1. The van der Waals surface area contributed by atoms with Gasteiger partial charge in [-0.3, -0.25) is 4.79 Å². The molecule has 1 atom stereocenters. The number of H-pyrrole nitrogens is 1. The molecule has 2 N–H and O–H groups in total. The van der Waals surface area contributed by atoms with E-state index in [0.29, 0.717) is 6.04 Å². The molecule has 5 rings (SSSR count). The predicted molar refractivity (Wildman–Crippen MR) is 120 cm³/mol. The molecule has 164 valence electrons. The van der Waals surface area contributed by atoms with E-state index in [-0.39, 0.29) is 11.6 Å². The molecule has 2 aromatic heterocycles. The lowest BCUT2D eigenvalue weighted by Gasteiger charge is -2.27. The molecule has 3 heterocycles. The first-order valence-electron chi connectivity index (χ1n) is 11.9. The maximum atomic E-state index is 13.4. The average Bonchev–Trinajstić information content (AvgIpc) is 3.36. The highest BCUT2D eigenvalue weighted by Crippen LogP contribution is 2.31. The number of nitrogens with one attached hydrogen (secondary N) is 2. The number of rotatable bonds is 4. The zero-order valence-electron chi connectivity index (χ0n) is 18.7. The standard InChI is InChI=1S/C24H32N6O/c1-16-13-17(2)19-15-20(24(31)25-21(19)14-16)22(29-11-7-3-4-8-12-29)23-26-27-28-30(23)18-9-5-6-10-18/h13-15,18,22H,3-12H2,1-2H3,(H,25,31)/p+1/t22-/m1/s1. The number of hydrogen-bond acceptors (Lipinski definition) is 4. The fourth-order valence-corrected chi connectivity index (χ4v) is 5.72. The maximum Gasteiger partial charge on any atom is 0.258 e. The van der Waals surface area contributed by atoms with Crippen molar-refractivity contribution in [1.82, 2.24) is 25.2 Å². The molecule has 7 nitrogen and oxygen atoms in total. The maximum absolute atomic E-state index is 13.4. The highest BCUT2D eigenvalue weighted by molar-refractivity contribution is 5.83. The van der Waals surface area contributed by atoms with Gasteiger partial charge in [0.2, 0.25) is 5.82 Å². The minimum atomic E-state index is -0.137. The van der Waals surface area contributed by atoms with Crippen molar-refractivity contribution in [2.45, 2.75) is 77.3 Å². The Bertz CT molecular complexity index is 1120. The van der Waals surface area contributed by atoms with Crippen molar-refractivity contribution in [3.63, 3.8) is 0 Å². The lowest BCUT2D eigenvalue weighted by Crippen LogP contribution is -3.12. The van der Waals surface area contributed by atoms with Crippen LogP contribution in [0.15, 0.2) is 23.0 Å². The Kier molecular flexibility index (Phi) is 5.61. The molecule has 1 aromatic carbocycles. The van der Waals surface area contributed by atoms with E-state index in [4.69, 9.17) is 0 Å². The number of tetrazole rings is 1. The van der Waals surface area contributed by atoms with Crippen molar-refractivity contribution in [3.8, 4) is 0 Å². The summed E-state index contributed by atoms with van der Waals surface area (Å²) in [6.07, 6.45) is 9.56. The Hall–Kier alpha value is -2.54. The van der Waals surface area contributed by atoms with Crippen LogP contribution in [0, 0.1) is 13.8 Å². The van der Waals surface area contributed by atoms with Crippen molar-refractivity contribution in [2.24, 2.45) is 0 Å². The highest BCUT2D eigenvalue weighted by Gasteiger charge is 2.36. The Morgan fingerprint density at radius 2 is 1.77 bits per heavy atom. The molecule has 1 saturated heterocycles. The van der Waals surface area contributed by atoms with E-state index in [1.54, 1.807) is 0 Å². The van der Waals surface area contributed by atoms with Gasteiger partial charge in [-0.05, 0) is 86.1 Å². The summed E-state index contributed by atoms with van der Waals surface area (Å²) in [4.78, 5) is 18.0. The second-order valence-electron chi connectivity index (χ2n) is 9.52. The van der Waals surface area contributed by atoms with E-state index < -0.39 is 0 Å². The Morgan fingerprint density at radius 1 is 1.03 bits per heavy atom. The number of aryl methyl sites for hydroxylation is 2. The minimum absolute atomic E-state index is 0.0137. The van der Waals surface area contributed by atoms with Gasteiger partial charge in [-0.1, -0.05) is 18.9 Å². The molecule has 3 aromatic rings. The normalized spacial score (nSPS) is 19.7. The van der Waals surface area contributed by atoms with Crippen LogP contribution in [0.1, 0.15) is 86.0 Å². The van der Waals surface area contributed by atoms with Crippen molar-refractivity contribution in [1.29, 1.82) is 0 Å². The molecular weight excluding hydrogens is 388 g/mol. The molecule has 31 heavy (non-hydrogen) atoms. The van der Waals surface area contributed by atoms with Crippen LogP contribution in [-0.2, 0) is 0 Å². The van der Waals surface area contributed by atoms with Crippen LogP contribution in [0.25, 0.3) is 10.9 Å². The van der Waals surface area contributed by atoms with Gasteiger partial charge in [0.15, 0.2) is 6.04 Å². The lowest BCUT2D eigenvalue weighted by atomic mass is 9.99. The van der Waals surface area contributed by atoms with E-state index in [0.717, 1.165) is 53.8 Å². The van der Waals surface area contributed by atoms with Gasteiger partial charge in [-0.15, -0.1) is 5.10 Å². The largest absolute Gasteiger partial charge is 0.322 e. The van der Waals surface area contributed by atoms with Gasteiger partial charge in [0.1, 0.15) is 0 Å². The van der Waals surface area contributed by atoms with E-state index in [9.17, 15) is 4.79 Å². The molecular formula is C24H33N6O+. The Labute approximate surface area is 182 Å². The van der Waals surface area contributed by atoms with Gasteiger partial charge in [0, 0.05) is 10.9 Å². The van der Waals surface area contributed by atoms with E-state index in [2.05, 4.69) is 52.6 Å². The number of pyridine rings is 1. The van der Waals surface area contributed by atoms with Crippen molar-refractivity contribution >= 4 is 10.9 Å². The Morgan fingerprint density at radius 3 is 2.52 bits per heavy atom. The van der Waals surface area contributed by atoms with E-state index in [1.165, 1.54) is 49.0 Å².